The average molecular weight is 264 g/mol. The Morgan fingerprint density at radius 2 is 1.83 bits per heavy atom. The third-order valence-electron chi connectivity index (χ3n) is 2.30. The lowest BCUT2D eigenvalue weighted by Gasteiger charge is -2.09. The summed E-state index contributed by atoms with van der Waals surface area (Å²) in [6.45, 7) is 1.76. The molecule has 0 aliphatic heterocycles. The molecule has 18 heavy (non-hydrogen) atoms. The van der Waals surface area contributed by atoms with Crippen LogP contribution in [-0.4, -0.2) is 18.4 Å². The molecular weight excluding hydrogens is 252 g/mol. The van der Waals surface area contributed by atoms with Crippen LogP contribution in [0.5, 0.6) is 0 Å². The highest BCUT2D eigenvalue weighted by Crippen LogP contribution is 2.19. The Hall–Kier alpha value is -2.15. The zero-order valence-corrected chi connectivity index (χ0v) is 10.5. The standard InChI is InChI=1S/C11H12N4O2S/c1-8-4-2-6-13-10(8)15-18(16,17)11-9(12)5-3-7-14-11/h2-7H,12H2,1H3,(H,13,15). The van der Waals surface area contributed by atoms with Gasteiger partial charge in [-0.15, -0.1) is 0 Å². The van der Waals surface area contributed by atoms with E-state index in [1.165, 1.54) is 18.5 Å². The predicted molar refractivity (Wildman–Crippen MR) is 68.4 cm³/mol. The van der Waals surface area contributed by atoms with Crippen LogP contribution in [0.15, 0.2) is 41.7 Å². The molecule has 2 aromatic heterocycles. The number of pyridine rings is 2. The SMILES string of the molecule is Cc1cccnc1NS(=O)(=O)c1ncccc1N. The van der Waals surface area contributed by atoms with Crippen molar-refractivity contribution in [3.05, 3.63) is 42.2 Å². The highest BCUT2D eigenvalue weighted by molar-refractivity contribution is 7.92. The Bertz CT molecular complexity index is 670. The summed E-state index contributed by atoms with van der Waals surface area (Å²) in [7, 11) is -3.82. The van der Waals surface area contributed by atoms with Crippen LogP contribution < -0.4 is 10.5 Å². The van der Waals surface area contributed by atoms with Gasteiger partial charge in [0.1, 0.15) is 5.82 Å². The first kappa shape index (κ1) is 12.3. The Morgan fingerprint density at radius 1 is 1.17 bits per heavy atom. The Kier molecular flexibility index (Phi) is 3.15. The number of aromatic nitrogens is 2. The molecule has 0 fully saturated rings. The molecule has 0 saturated carbocycles. The highest BCUT2D eigenvalue weighted by Gasteiger charge is 2.19. The third kappa shape index (κ3) is 2.40. The van der Waals surface area contributed by atoms with Gasteiger partial charge in [-0.05, 0) is 30.7 Å². The molecule has 0 spiro atoms. The number of nitrogens with zero attached hydrogens (tertiary/aromatic N) is 2. The first-order valence-electron chi connectivity index (χ1n) is 5.15. The molecule has 0 unspecified atom stereocenters. The van der Waals surface area contributed by atoms with Gasteiger partial charge in [-0.1, -0.05) is 6.07 Å². The van der Waals surface area contributed by atoms with Crippen molar-refractivity contribution in [2.75, 3.05) is 10.5 Å². The molecule has 0 saturated heterocycles. The fourth-order valence-corrected chi connectivity index (χ4v) is 2.54. The Labute approximate surface area is 105 Å². The number of anilines is 2. The second-order valence-corrected chi connectivity index (χ2v) is 5.27. The van der Waals surface area contributed by atoms with Gasteiger partial charge in [0.15, 0.2) is 5.03 Å². The zero-order valence-electron chi connectivity index (χ0n) is 9.66. The monoisotopic (exact) mass is 264 g/mol. The predicted octanol–water partition coefficient (Wildman–Crippen LogP) is 1.17. The summed E-state index contributed by atoms with van der Waals surface area (Å²) in [6.07, 6.45) is 2.88. The maximum atomic E-state index is 12.1. The number of nitrogens with one attached hydrogen (secondary N) is 1. The van der Waals surface area contributed by atoms with E-state index in [9.17, 15) is 8.42 Å². The summed E-state index contributed by atoms with van der Waals surface area (Å²) in [5, 5.41) is -0.199. The number of nitrogens with two attached hydrogens (primary N) is 1. The molecule has 0 bridgehead atoms. The van der Waals surface area contributed by atoms with E-state index in [-0.39, 0.29) is 16.5 Å². The van der Waals surface area contributed by atoms with Gasteiger partial charge in [0, 0.05) is 12.4 Å². The lowest BCUT2D eigenvalue weighted by atomic mass is 10.3. The number of hydrogen-bond acceptors (Lipinski definition) is 5. The largest absolute Gasteiger partial charge is 0.396 e. The van der Waals surface area contributed by atoms with Gasteiger partial charge in [-0.25, -0.2) is 9.97 Å². The van der Waals surface area contributed by atoms with Gasteiger partial charge >= 0.3 is 0 Å². The van der Waals surface area contributed by atoms with Gasteiger partial charge in [-0.3, -0.25) is 4.72 Å². The molecule has 3 N–H and O–H groups in total. The molecule has 94 valence electrons. The summed E-state index contributed by atoms with van der Waals surface area (Å²) in [5.41, 5.74) is 6.41. The number of rotatable bonds is 3. The molecule has 7 heteroatoms. The van der Waals surface area contributed by atoms with Crippen molar-refractivity contribution in [1.82, 2.24) is 9.97 Å². The Morgan fingerprint density at radius 3 is 2.50 bits per heavy atom. The van der Waals surface area contributed by atoms with Crippen LogP contribution in [0, 0.1) is 6.92 Å². The maximum Gasteiger partial charge on any atom is 0.282 e. The minimum absolute atomic E-state index is 0.0959. The van der Waals surface area contributed by atoms with Gasteiger partial charge in [0.05, 0.1) is 5.69 Å². The van der Waals surface area contributed by atoms with Gasteiger partial charge in [0.25, 0.3) is 10.0 Å². The second-order valence-electron chi connectivity index (χ2n) is 3.67. The molecule has 0 radical (unpaired) electrons. The summed E-state index contributed by atoms with van der Waals surface area (Å²) >= 11 is 0. The number of nitrogen functional groups attached to an aromatic ring is 1. The highest BCUT2D eigenvalue weighted by atomic mass is 32.2. The number of sulfonamides is 1. The lowest BCUT2D eigenvalue weighted by Crippen LogP contribution is -2.17. The maximum absolute atomic E-state index is 12.1. The van der Waals surface area contributed by atoms with Crippen molar-refractivity contribution in [3.8, 4) is 0 Å². The van der Waals surface area contributed by atoms with Crippen LogP contribution in [-0.2, 0) is 10.0 Å². The summed E-state index contributed by atoms with van der Waals surface area (Å²) in [6, 6.07) is 6.53. The van der Waals surface area contributed by atoms with Crippen LogP contribution in [0.2, 0.25) is 0 Å². The minimum Gasteiger partial charge on any atom is -0.396 e. The van der Waals surface area contributed by atoms with E-state index in [1.54, 1.807) is 25.1 Å². The molecule has 0 amide bonds. The van der Waals surface area contributed by atoms with E-state index >= 15 is 0 Å². The van der Waals surface area contributed by atoms with Gasteiger partial charge < -0.3 is 5.73 Å². The van der Waals surface area contributed by atoms with Crippen LogP contribution in [0.4, 0.5) is 11.5 Å². The third-order valence-corrected chi connectivity index (χ3v) is 3.61. The fraction of sp³-hybridized carbons (Fsp3) is 0.0909. The summed E-state index contributed by atoms with van der Waals surface area (Å²) in [5.74, 6) is 0.266. The van der Waals surface area contributed by atoms with Crippen molar-refractivity contribution in [2.45, 2.75) is 11.9 Å². The van der Waals surface area contributed by atoms with Crippen LogP contribution in [0.3, 0.4) is 0 Å². The average Bonchev–Trinajstić information content (AvgIpc) is 2.32. The molecule has 6 nitrogen and oxygen atoms in total. The number of hydrogen-bond donors (Lipinski definition) is 2. The van der Waals surface area contributed by atoms with E-state index in [2.05, 4.69) is 14.7 Å². The van der Waals surface area contributed by atoms with E-state index in [0.717, 1.165) is 5.56 Å². The summed E-state index contributed by atoms with van der Waals surface area (Å²) in [4.78, 5) is 7.73. The van der Waals surface area contributed by atoms with E-state index in [4.69, 9.17) is 5.73 Å². The topological polar surface area (TPSA) is 98.0 Å². The lowest BCUT2D eigenvalue weighted by molar-refractivity contribution is 0.598. The molecule has 2 rings (SSSR count). The minimum atomic E-state index is -3.82. The molecule has 0 aromatic carbocycles. The molecule has 0 aliphatic rings. The van der Waals surface area contributed by atoms with Crippen molar-refractivity contribution in [3.63, 3.8) is 0 Å². The summed E-state index contributed by atoms with van der Waals surface area (Å²) < 4.78 is 26.5. The van der Waals surface area contributed by atoms with Crippen LogP contribution in [0.1, 0.15) is 5.56 Å². The first-order valence-corrected chi connectivity index (χ1v) is 6.64. The van der Waals surface area contributed by atoms with E-state index in [0.29, 0.717) is 0 Å². The quantitative estimate of drug-likeness (QED) is 0.867. The first-order chi connectivity index (χ1) is 8.50. The van der Waals surface area contributed by atoms with Crippen molar-refractivity contribution < 1.29 is 8.42 Å². The van der Waals surface area contributed by atoms with Crippen LogP contribution in [0.25, 0.3) is 0 Å². The van der Waals surface area contributed by atoms with Gasteiger partial charge in [-0.2, -0.15) is 8.42 Å². The molecule has 0 aliphatic carbocycles. The Balaban J connectivity index is 2.40. The van der Waals surface area contributed by atoms with Crippen LogP contribution >= 0.6 is 0 Å². The molecule has 2 aromatic rings. The van der Waals surface area contributed by atoms with E-state index in [1.807, 2.05) is 0 Å². The van der Waals surface area contributed by atoms with Crippen molar-refractivity contribution in [1.29, 1.82) is 0 Å². The van der Waals surface area contributed by atoms with Crippen molar-refractivity contribution in [2.24, 2.45) is 0 Å². The van der Waals surface area contributed by atoms with Crippen molar-refractivity contribution >= 4 is 21.5 Å². The molecule has 2 heterocycles. The van der Waals surface area contributed by atoms with Gasteiger partial charge in [0.2, 0.25) is 0 Å². The van der Waals surface area contributed by atoms with E-state index < -0.39 is 10.0 Å². The smallest absolute Gasteiger partial charge is 0.282 e. The second kappa shape index (κ2) is 4.61. The normalized spacial score (nSPS) is 11.2. The fourth-order valence-electron chi connectivity index (χ4n) is 1.40. The number of aryl methyl sites for hydroxylation is 1. The molecule has 0 atom stereocenters. The molecular formula is C11H12N4O2S. The zero-order chi connectivity index (χ0) is 13.2.